The van der Waals surface area contributed by atoms with Crippen LogP contribution in [0.15, 0.2) is 17.4 Å². The van der Waals surface area contributed by atoms with Crippen LogP contribution in [0.3, 0.4) is 0 Å². The van der Waals surface area contributed by atoms with Gasteiger partial charge in [0.1, 0.15) is 6.17 Å². The van der Waals surface area contributed by atoms with E-state index in [4.69, 9.17) is 0 Å². The molecule has 2 aliphatic rings. The highest BCUT2D eigenvalue weighted by Gasteiger charge is 2.18. The Kier molecular flexibility index (Phi) is 2.24. The molecule has 1 unspecified atom stereocenters. The highest BCUT2D eigenvalue weighted by molar-refractivity contribution is 5.71. The quantitative estimate of drug-likeness (QED) is 0.460. The number of piperazine rings is 1. The lowest BCUT2D eigenvalue weighted by molar-refractivity contribution is 0.113. The molecule has 2 aliphatic heterocycles. The first-order chi connectivity index (χ1) is 5.97. The van der Waals surface area contributed by atoms with Crippen molar-refractivity contribution in [2.45, 2.75) is 6.17 Å². The van der Waals surface area contributed by atoms with Crippen LogP contribution in [0.1, 0.15) is 0 Å². The van der Waals surface area contributed by atoms with Crippen LogP contribution in [0.25, 0.3) is 0 Å². The van der Waals surface area contributed by atoms with Gasteiger partial charge in [-0.3, -0.25) is 10.7 Å². The number of nitrogens with zero attached hydrogens (tertiary/aromatic N) is 2. The standard InChI is InChI=1S/C7H13N5/c1-2-10-12(11-3-1)7-6-8-4-5-9-7/h1-3,7-10H,4-6H2. The molecule has 0 aromatic carbocycles. The number of nitrogens with one attached hydrogen (secondary N) is 3. The van der Waals surface area contributed by atoms with E-state index in [1.54, 1.807) is 6.21 Å². The van der Waals surface area contributed by atoms with Gasteiger partial charge < -0.3 is 5.32 Å². The maximum atomic E-state index is 4.16. The zero-order valence-corrected chi connectivity index (χ0v) is 6.83. The normalized spacial score (nSPS) is 28.7. The van der Waals surface area contributed by atoms with Crippen molar-refractivity contribution in [3.63, 3.8) is 0 Å². The molecule has 1 fully saturated rings. The number of rotatable bonds is 1. The van der Waals surface area contributed by atoms with Gasteiger partial charge in [0.25, 0.3) is 0 Å². The van der Waals surface area contributed by atoms with Gasteiger partial charge in [-0.1, -0.05) is 0 Å². The van der Waals surface area contributed by atoms with Crippen molar-refractivity contribution in [1.82, 2.24) is 21.2 Å². The Hall–Kier alpha value is -1.07. The third kappa shape index (κ3) is 1.57. The van der Waals surface area contributed by atoms with E-state index in [0.29, 0.717) is 0 Å². The molecule has 3 N–H and O–H groups in total. The van der Waals surface area contributed by atoms with Gasteiger partial charge in [-0.25, -0.2) is 0 Å². The van der Waals surface area contributed by atoms with Crippen molar-refractivity contribution in [2.75, 3.05) is 19.6 Å². The maximum absolute atomic E-state index is 4.16. The Labute approximate surface area is 71.5 Å². The van der Waals surface area contributed by atoms with Crippen LogP contribution in [0.2, 0.25) is 0 Å². The molecule has 0 aromatic rings. The Morgan fingerprint density at radius 2 is 2.42 bits per heavy atom. The third-order valence-corrected chi connectivity index (χ3v) is 1.89. The minimum Gasteiger partial charge on any atom is -0.312 e. The van der Waals surface area contributed by atoms with Crippen molar-refractivity contribution in [3.8, 4) is 0 Å². The van der Waals surface area contributed by atoms with Crippen LogP contribution in [0.5, 0.6) is 0 Å². The van der Waals surface area contributed by atoms with E-state index in [0.717, 1.165) is 19.6 Å². The first kappa shape index (κ1) is 7.57. The third-order valence-electron chi connectivity index (χ3n) is 1.89. The number of hydrazone groups is 1. The van der Waals surface area contributed by atoms with Crippen molar-refractivity contribution in [1.29, 1.82) is 0 Å². The second kappa shape index (κ2) is 3.55. The minimum absolute atomic E-state index is 0.250. The maximum Gasteiger partial charge on any atom is 0.132 e. The van der Waals surface area contributed by atoms with Crippen molar-refractivity contribution >= 4 is 6.21 Å². The number of hydrazine groups is 1. The molecule has 0 saturated carbocycles. The molecule has 1 saturated heterocycles. The van der Waals surface area contributed by atoms with Gasteiger partial charge in [0.2, 0.25) is 0 Å². The lowest BCUT2D eigenvalue weighted by Crippen LogP contribution is -2.58. The predicted octanol–water partition coefficient (Wildman–Crippen LogP) is -1.17. The molecule has 5 heteroatoms. The summed E-state index contributed by atoms with van der Waals surface area (Å²) in [7, 11) is 0. The highest BCUT2D eigenvalue weighted by atomic mass is 15.7. The first-order valence-corrected chi connectivity index (χ1v) is 4.15. The van der Waals surface area contributed by atoms with Crippen molar-refractivity contribution in [2.24, 2.45) is 5.10 Å². The summed E-state index contributed by atoms with van der Waals surface area (Å²) in [6.07, 6.45) is 5.75. The monoisotopic (exact) mass is 167 g/mol. The predicted molar refractivity (Wildman–Crippen MR) is 47.3 cm³/mol. The van der Waals surface area contributed by atoms with Crippen LogP contribution in [-0.4, -0.2) is 37.1 Å². The fourth-order valence-electron chi connectivity index (χ4n) is 1.29. The molecule has 2 rings (SSSR count). The van der Waals surface area contributed by atoms with Crippen LogP contribution in [0.4, 0.5) is 0 Å². The number of allylic oxidation sites excluding steroid dienone is 1. The molecular formula is C7H13N5. The molecule has 0 bridgehead atoms. The summed E-state index contributed by atoms with van der Waals surface area (Å²) >= 11 is 0. The topological polar surface area (TPSA) is 51.7 Å². The van der Waals surface area contributed by atoms with Gasteiger partial charge in [0, 0.05) is 25.8 Å². The fraction of sp³-hybridized carbons (Fsp3) is 0.571. The summed E-state index contributed by atoms with van der Waals surface area (Å²) < 4.78 is 0. The largest absolute Gasteiger partial charge is 0.312 e. The molecular weight excluding hydrogens is 154 g/mol. The Bertz CT molecular complexity index is 194. The first-order valence-electron chi connectivity index (χ1n) is 4.15. The smallest absolute Gasteiger partial charge is 0.132 e. The van der Waals surface area contributed by atoms with E-state index >= 15 is 0 Å². The van der Waals surface area contributed by atoms with E-state index in [2.05, 4.69) is 21.2 Å². The van der Waals surface area contributed by atoms with Gasteiger partial charge in [0.05, 0.1) is 6.21 Å². The van der Waals surface area contributed by atoms with Gasteiger partial charge in [-0.2, -0.15) is 10.2 Å². The molecule has 0 aromatic heterocycles. The van der Waals surface area contributed by atoms with E-state index in [9.17, 15) is 0 Å². The Morgan fingerprint density at radius 1 is 1.42 bits per heavy atom. The molecule has 0 amide bonds. The zero-order valence-electron chi connectivity index (χ0n) is 6.83. The van der Waals surface area contributed by atoms with Crippen LogP contribution in [-0.2, 0) is 0 Å². The molecule has 0 spiro atoms. The van der Waals surface area contributed by atoms with Crippen molar-refractivity contribution < 1.29 is 0 Å². The molecule has 0 radical (unpaired) electrons. The average Bonchev–Trinajstić information content (AvgIpc) is 2.21. The highest BCUT2D eigenvalue weighted by Crippen LogP contribution is 1.97. The SMILES string of the molecule is C1=CNN(C2CNCCN2)N=C1. The van der Waals surface area contributed by atoms with E-state index in [-0.39, 0.29) is 6.17 Å². The zero-order chi connectivity index (χ0) is 8.23. The number of hydrogen-bond donors (Lipinski definition) is 3. The summed E-state index contributed by atoms with van der Waals surface area (Å²) in [5, 5.41) is 12.6. The van der Waals surface area contributed by atoms with Crippen LogP contribution < -0.4 is 16.1 Å². The fourth-order valence-corrected chi connectivity index (χ4v) is 1.29. The van der Waals surface area contributed by atoms with Gasteiger partial charge in [-0.15, -0.1) is 0 Å². The Morgan fingerprint density at radius 3 is 3.08 bits per heavy atom. The van der Waals surface area contributed by atoms with Crippen LogP contribution >= 0.6 is 0 Å². The summed E-state index contributed by atoms with van der Waals surface area (Å²) in [4.78, 5) is 0. The summed E-state index contributed by atoms with van der Waals surface area (Å²) in [6.45, 7) is 2.93. The summed E-state index contributed by atoms with van der Waals surface area (Å²) in [6, 6.07) is 0. The second-order valence-electron chi connectivity index (χ2n) is 2.77. The molecule has 1 atom stereocenters. The van der Waals surface area contributed by atoms with Gasteiger partial charge in [0.15, 0.2) is 0 Å². The molecule has 5 nitrogen and oxygen atoms in total. The minimum atomic E-state index is 0.250. The lowest BCUT2D eigenvalue weighted by atomic mass is 10.4. The van der Waals surface area contributed by atoms with Gasteiger partial charge in [-0.05, 0) is 6.08 Å². The lowest BCUT2D eigenvalue weighted by Gasteiger charge is -2.33. The molecule has 66 valence electrons. The average molecular weight is 167 g/mol. The number of hydrogen-bond acceptors (Lipinski definition) is 5. The second-order valence-corrected chi connectivity index (χ2v) is 2.77. The molecule has 2 heterocycles. The summed E-state index contributed by atoms with van der Waals surface area (Å²) in [5.41, 5.74) is 3.04. The van der Waals surface area contributed by atoms with Gasteiger partial charge >= 0.3 is 0 Å². The van der Waals surface area contributed by atoms with E-state index in [1.807, 2.05) is 17.4 Å². The van der Waals surface area contributed by atoms with E-state index < -0.39 is 0 Å². The Balaban J connectivity index is 1.90. The molecule has 0 aliphatic carbocycles. The summed E-state index contributed by atoms with van der Waals surface area (Å²) in [5.74, 6) is 0. The van der Waals surface area contributed by atoms with Crippen molar-refractivity contribution in [3.05, 3.63) is 12.3 Å². The van der Waals surface area contributed by atoms with Crippen LogP contribution in [0, 0.1) is 0 Å². The van der Waals surface area contributed by atoms with E-state index in [1.165, 1.54) is 0 Å². The molecule has 12 heavy (non-hydrogen) atoms.